The zero-order valence-electron chi connectivity index (χ0n) is 10.5. The molecule has 0 saturated heterocycles. The molecular weight excluding hydrogens is 236 g/mol. The van der Waals surface area contributed by atoms with Crippen molar-refractivity contribution in [2.75, 3.05) is 13.1 Å². The Morgan fingerprint density at radius 3 is 2.53 bits per heavy atom. The highest BCUT2D eigenvalue weighted by Crippen LogP contribution is 2.25. The maximum atomic E-state index is 11.8. The van der Waals surface area contributed by atoms with E-state index in [0.717, 1.165) is 28.0 Å². The summed E-state index contributed by atoms with van der Waals surface area (Å²) in [6.45, 7) is 0.572. The van der Waals surface area contributed by atoms with Crippen molar-refractivity contribution >= 4 is 11.5 Å². The molecule has 1 aliphatic heterocycles. The number of hydrogen-bond acceptors (Lipinski definition) is 3. The summed E-state index contributed by atoms with van der Waals surface area (Å²) in [6.07, 6.45) is 0. The molecule has 0 bridgehead atoms. The van der Waals surface area contributed by atoms with E-state index in [1.54, 1.807) is 0 Å². The molecule has 0 spiro atoms. The van der Waals surface area contributed by atoms with Gasteiger partial charge in [0.15, 0.2) is 5.78 Å². The fourth-order valence-corrected chi connectivity index (χ4v) is 2.35. The van der Waals surface area contributed by atoms with Gasteiger partial charge < -0.3 is 5.73 Å². The second-order valence-electron chi connectivity index (χ2n) is 4.52. The number of Topliss-reactive ketones (excluding diaryl/α,β-unsaturated/α-hetero) is 1. The van der Waals surface area contributed by atoms with Crippen molar-refractivity contribution < 1.29 is 4.79 Å². The number of benzene rings is 2. The molecule has 2 aromatic carbocycles. The average Bonchev–Trinajstić information content (AvgIpc) is 2.48. The highest BCUT2D eigenvalue weighted by Gasteiger charge is 2.19. The molecule has 94 valence electrons. The highest BCUT2D eigenvalue weighted by molar-refractivity contribution is 6.16. The second kappa shape index (κ2) is 4.78. The molecule has 2 N–H and O–H groups in total. The number of nitrogens with two attached hydrogens (primary N) is 1. The Morgan fingerprint density at radius 2 is 1.79 bits per heavy atom. The van der Waals surface area contributed by atoms with Crippen molar-refractivity contribution in [3.8, 4) is 11.1 Å². The fourth-order valence-electron chi connectivity index (χ4n) is 2.35. The van der Waals surface area contributed by atoms with Gasteiger partial charge in [-0.15, -0.1) is 0 Å². The molecule has 1 aliphatic rings. The van der Waals surface area contributed by atoms with Crippen LogP contribution in [0.3, 0.4) is 0 Å². The smallest absolute Gasteiger partial charge is 0.184 e. The van der Waals surface area contributed by atoms with E-state index in [-0.39, 0.29) is 12.3 Å². The third-order valence-corrected chi connectivity index (χ3v) is 3.34. The number of aliphatic imine (C=N–C) groups is 1. The third kappa shape index (κ3) is 2.09. The summed E-state index contributed by atoms with van der Waals surface area (Å²) in [5, 5.41) is 0. The van der Waals surface area contributed by atoms with Gasteiger partial charge in [-0.1, -0.05) is 42.5 Å². The summed E-state index contributed by atoms with van der Waals surface area (Å²) in [4.78, 5) is 16.1. The van der Waals surface area contributed by atoms with Crippen LogP contribution in [-0.2, 0) is 0 Å². The Balaban J connectivity index is 2.14. The Hall–Kier alpha value is -2.26. The number of fused-ring (bicyclic) bond motifs is 1. The molecule has 0 fully saturated rings. The Morgan fingerprint density at radius 1 is 1.00 bits per heavy atom. The largest absolute Gasteiger partial charge is 0.325 e. The van der Waals surface area contributed by atoms with E-state index >= 15 is 0 Å². The first kappa shape index (κ1) is 11.8. The number of carbonyl (C=O) groups is 1. The summed E-state index contributed by atoms with van der Waals surface area (Å²) < 4.78 is 0. The van der Waals surface area contributed by atoms with Gasteiger partial charge in [0.1, 0.15) is 6.54 Å². The van der Waals surface area contributed by atoms with Crippen molar-refractivity contribution in [1.29, 1.82) is 0 Å². The van der Waals surface area contributed by atoms with Crippen LogP contribution in [-0.4, -0.2) is 24.6 Å². The van der Waals surface area contributed by atoms with E-state index in [4.69, 9.17) is 5.73 Å². The van der Waals surface area contributed by atoms with Crippen molar-refractivity contribution in [1.82, 2.24) is 0 Å². The quantitative estimate of drug-likeness (QED) is 0.889. The molecule has 3 heteroatoms. The molecular formula is C16H14N2O. The summed E-state index contributed by atoms with van der Waals surface area (Å²) >= 11 is 0. The van der Waals surface area contributed by atoms with Gasteiger partial charge in [0.05, 0.1) is 5.71 Å². The molecule has 0 unspecified atom stereocenters. The molecule has 19 heavy (non-hydrogen) atoms. The van der Waals surface area contributed by atoms with Gasteiger partial charge >= 0.3 is 0 Å². The number of rotatable bonds is 2. The highest BCUT2D eigenvalue weighted by atomic mass is 16.1. The second-order valence-corrected chi connectivity index (χ2v) is 4.52. The van der Waals surface area contributed by atoms with Gasteiger partial charge in [0.25, 0.3) is 0 Å². The van der Waals surface area contributed by atoms with Gasteiger partial charge in [0.2, 0.25) is 0 Å². The molecule has 2 aromatic rings. The van der Waals surface area contributed by atoms with Crippen LogP contribution in [0.4, 0.5) is 0 Å². The van der Waals surface area contributed by atoms with E-state index < -0.39 is 0 Å². The van der Waals surface area contributed by atoms with E-state index in [9.17, 15) is 4.79 Å². The van der Waals surface area contributed by atoms with Gasteiger partial charge in [-0.05, 0) is 17.2 Å². The molecule has 3 rings (SSSR count). The zero-order valence-corrected chi connectivity index (χ0v) is 10.5. The summed E-state index contributed by atoms with van der Waals surface area (Å²) in [6, 6.07) is 15.9. The monoisotopic (exact) mass is 250 g/mol. The lowest BCUT2D eigenvalue weighted by molar-refractivity contribution is 0.1000. The molecule has 0 saturated carbocycles. The number of hydrogen-bond donors (Lipinski definition) is 1. The minimum absolute atomic E-state index is 0.0619. The topological polar surface area (TPSA) is 55.4 Å². The molecule has 0 atom stereocenters. The predicted octanol–water partition coefficient (Wildman–Crippen LogP) is 2.30. The van der Waals surface area contributed by atoms with Crippen LogP contribution in [0.15, 0.2) is 53.5 Å². The van der Waals surface area contributed by atoms with Crippen LogP contribution in [0.5, 0.6) is 0 Å². The van der Waals surface area contributed by atoms with Gasteiger partial charge in [-0.25, -0.2) is 0 Å². The maximum absolute atomic E-state index is 11.8. The number of nitrogens with zero attached hydrogens (tertiary/aromatic N) is 1. The van der Waals surface area contributed by atoms with Gasteiger partial charge in [0, 0.05) is 17.7 Å². The fraction of sp³-hybridized carbons (Fsp3) is 0.125. The number of carbonyl (C=O) groups excluding carboxylic acids is 1. The Labute approximate surface area is 111 Å². The lowest BCUT2D eigenvalue weighted by atomic mass is 9.92. The molecule has 0 amide bonds. The summed E-state index contributed by atoms with van der Waals surface area (Å²) in [5.74, 6) is 0.0619. The summed E-state index contributed by atoms with van der Waals surface area (Å²) in [5.41, 5.74) is 10.3. The van der Waals surface area contributed by atoms with Crippen molar-refractivity contribution in [3.05, 3.63) is 59.7 Å². The van der Waals surface area contributed by atoms with Gasteiger partial charge in [-0.3, -0.25) is 9.79 Å². The molecule has 0 aliphatic carbocycles. The first-order valence-corrected chi connectivity index (χ1v) is 6.26. The van der Waals surface area contributed by atoms with Crippen LogP contribution in [0, 0.1) is 0 Å². The minimum atomic E-state index is 0.0619. The van der Waals surface area contributed by atoms with Crippen LogP contribution in [0.1, 0.15) is 15.9 Å². The Bertz CT molecular complexity index is 660. The van der Waals surface area contributed by atoms with E-state index in [1.807, 2.05) is 48.5 Å². The minimum Gasteiger partial charge on any atom is -0.325 e. The van der Waals surface area contributed by atoms with Crippen LogP contribution >= 0.6 is 0 Å². The van der Waals surface area contributed by atoms with Gasteiger partial charge in [-0.2, -0.15) is 0 Å². The molecule has 3 nitrogen and oxygen atoms in total. The van der Waals surface area contributed by atoms with Crippen molar-refractivity contribution in [3.63, 3.8) is 0 Å². The van der Waals surface area contributed by atoms with Crippen LogP contribution in [0.2, 0.25) is 0 Å². The van der Waals surface area contributed by atoms with Crippen LogP contribution < -0.4 is 5.73 Å². The lowest BCUT2D eigenvalue weighted by Crippen LogP contribution is -2.24. The van der Waals surface area contributed by atoms with E-state index in [2.05, 4.69) is 4.99 Å². The first-order chi connectivity index (χ1) is 9.29. The molecule has 0 aromatic heterocycles. The Kier molecular flexibility index (Phi) is 2.97. The predicted molar refractivity (Wildman–Crippen MR) is 76.7 cm³/mol. The normalized spacial score (nSPS) is 13.9. The standard InChI is InChI=1S/C16H14N2O/c17-9-15-14-8-12(11-4-2-1-3-5-11)6-7-13(14)16(19)10-18-15/h1-8H,9-10,17H2. The SMILES string of the molecule is NCC1=NCC(=O)c2ccc(-c3ccccc3)cc21. The van der Waals surface area contributed by atoms with E-state index in [1.165, 1.54) is 0 Å². The zero-order chi connectivity index (χ0) is 13.2. The lowest BCUT2D eigenvalue weighted by Gasteiger charge is -2.16. The third-order valence-electron chi connectivity index (χ3n) is 3.34. The average molecular weight is 250 g/mol. The maximum Gasteiger partial charge on any atom is 0.184 e. The van der Waals surface area contributed by atoms with Crippen molar-refractivity contribution in [2.24, 2.45) is 10.7 Å². The molecule has 1 heterocycles. The molecule has 0 radical (unpaired) electrons. The summed E-state index contributed by atoms with van der Waals surface area (Å²) in [7, 11) is 0. The van der Waals surface area contributed by atoms with E-state index in [0.29, 0.717) is 6.54 Å². The first-order valence-electron chi connectivity index (χ1n) is 6.26. The van der Waals surface area contributed by atoms with Crippen molar-refractivity contribution in [2.45, 2.75) is 0 Å². The number of ketones is 1. The van der Waals surface area contributed by atoms with Crippen LogP contribution in [0.25, 0.3) is 11.1 Å².